The van der Waals surface area contributed by atoms with Gasteiger partial charge >= 0.3 is 0 Å². The molecule has 0 radical (unpaired) electrons. The van der Waals surface area contributed by atoms with Crippen LogP contribution in [0.5, 0.6) is 0 Å². The van der Waals surface area contributed by atoms with E-state index in [1.165, 1.54) is 35.1 Å². The summed E-state index contributed by atoms with van der Waals surface area (Å²) in [5.74, 6) is 2.63. The molecule has 6 heteroatoms. The molecule has 1 fully saturated rings. The third-order valence-electron chi connectivity index (χ3n) is 7.66. The summed E-state index contributed by atoms with van der Waals surface area (Å²) in [6.45, 7) is 7.30. The summed E-state index contributed by atoms with van der Waals surface area (Å²) in [6, 6.07) is 24.3. The van der Waals surface area contributed by atoms with Gasteiger partial charge in [-0.2, -0.15) is 0 Å². The van der Waals surface area contributed by atoms with Crippen molar-refractivity contribution in [3.8, 4) is 33.5 Å². The highest BCUT2D eigenvalue weighted by molar-refractivity contribution is 5.82. The first-order valence-corrected chi connectivity index (χ1v) is 13.9. The van der Waals surface area contributed by atoms with Gasteiger partial charge in [-0.1, -0.05) is 68.4 Å². The zero-order valence-corrected chi connectivity index (χ0v) is 22.2. The smallest absolute Gasteiger partial charge is 0.123 e. The van der Waals surface area contributed by atoms with E-state index >= 15 is 0 Å². The number of H-pyrrole nitrogens is 2. The van der Waals surface area contributed by atoms with E-state index in [-0.39, 0.29) is 0 Å². The lowest BCUT2D eigenvalue weighted by atomic mass is 9.92. The molecule has 6 nitrogen and oxygen atoms in total. The standard InChI is InChI=1S/C32H36N6/c1-3-16-33-20-30-36-27-15-14-26(18-28(27)37-30)24-8-6-22(7-9-24)23-10-12-25(13-11-23)29-19-35-32(38-29)31-21(2)5-4-17-34-31/h6-15,18-19,21,31,33-34H,3-5,16-17,20H2,1-2H3,(H,35,38)(H,36,37). The number of hydrogen-bond donors (Lipinski definition) is 4. The van der Waals surface area contributed by atoms with Crippen molar-refractivity contribution in [1.82, 2.24) is 30.6 Å². The summed E-state index contributed by atoms with van der Waals surface area (Å²) < 4.78 is 0. The van der Waals surface area contributed by atoms with Crippen molar-refractivity contribution in [1.29, 1.82) is 0 Å². The predicted octanol–water partition coefficient (Wildman–Crippen LogP) is 6.85. The minimum atomic E-state index is 0.314. The molecule has 0 saturated carbocycles. The van der Waals surface area contributed by atoms with Gasteiger partial charge in [-0.3, -0.25) is 0 Å². The molecule has 0 spiro atoms. The first-order chi connectivity index (χ1) is 18.7. The molecule has 1 aliphatic rings. The molecule has 38 heavy (non-hydrogen) atoms. The Hall–Kier alpha value is -3.74. The summed E-state index contributed by atoms with van der Waals surface area (Å²) in [4.78, 5) is 16.4. The molecule has 3 heterocycles. The molecule has 2 aromatic heterocycles. The van der Waals surface area contributed by atoms with Gasteiger partial charge in [0, 0.05) is 0 Å². The number of imidazole rings is 2. The number of nitrogens with one attached hydrogen (secondary N) is 4. The highest BCUT2D eigenvalue weighted by atomic mass is 15.0. The second-order valence-corrected chi connectivity index (χ2v) is 10.5. The summed E-state index contributed by atoms with van der Waals surface area (Å²) in [6.07, 6.45) is 5.57. The summed E-state index contributed by atoms with van der Waals surface area (Å²) in [5, 5.41) is 7.02. The van der Waals surface area contributed by atoms with E-state index in [4.69, 9.17) is 9.97 Å². The minimum absolute atomic E-state index is 0.314. The zero-order chi connectivity index (χ0) is 25.9. The van der Waals surface area contributed by atoms with Crippen LogP contribution < -0.4 is 10.6 Å². The summed E-state index contributed by atoms with van der Waals surface area (Å²) in [5.41, 5.74) is 9.10. The summed E-state index contributed by atoms with van der Waals surface area (Å²) >= 11 is 0. The average molecular weight is 505 g/mol. The van der Waals surface area contributed by atoms with Gasteiger partial charge in [0.15, 0.2) is 0 Å². The van der Waals surface area contributed by atoms with Crippen molar-refractivity contribution in [2.75, 3.05) is 13.1 Å². The highest BCUT2D eigenvalue weighted by Crippen LogP contribution is 2.31. The normalized spacial score (nSPS) is 17.7. The first-order valence-electron chi connectivity index (χ1n) is 13.9. The molecular formula is C32H36N6. The lowest BCUT2D eigenvalue weighted by molar-refractivity contribution is 0.296. The Morgan fingerprint density at radius 1 is 0.868 bits per heavy atom. The van der Waals surface area contributed by atoms with Gasteiger partial charge in [0.1, 0.15) is 11.6 Å². The Labute approximate surface area is 224 Å². The maximum Gasteiger partial charge on any atom is 0.123 e. The van der Waals surface area contributed by atoms with Gasteiger partial charge < -0.3 is 20.6 Å². The monoisotopic (exact) mass is 504 g/mol. The molecule has 1 aliphatic heterocycles. The van der Waals surface area contributed by atoms with E-state index in [0.717, 1.165) is 60.0 Å². The Kier molecular flexibility index (Phi) is 7.08. The molecule has 6 rings (SSSR count). The van der Waals surface area contributed by atoms with Crippen LogP contribution in [-0.4, -0.2) is 33.0 Å². The Morgan fingerprint density at radius 3 is 2.26 bits per heavy atom. The molecule has 5 aromatic rings. The van der Waals surface area contributed by atoms with Crippen LogP contribution in [0.25, 0.3) is 44.5 Å². The number of aromatic nitrogens is 4. The van der Waals surface area contributed by atoms with E-state index in [1.54, 1.807) is 0 Å². The van der Waals surface area contributed by atoms with E-state index in [0.29, 0.717) is 12.0 Å². The van der Waals surface area contributed by atoms with Crippen molar-refractivity contribution in [2.24, 2.45) is 5.92 Å². The van der Waals surface area contributed by atoms with Crippen molar-refractivity contribution < 1.29 is 0 Å². The quantitative estimate of drug-likeness (QED) is 0.174. The van der Waals surface area contributed by atoms with Crippen molar-refractivity contribution >= 4 is 11.0 Å². The molecule has 3 aromatic carbocycles. The van der Waals surface area contributed by atoms with Gasteiger partial charge in [0.05, 0.1) is 35.5 Å². The highest BCUT2D eigenvalue weighted by Gasteiger charge is 2.24. The SMILES string of the molecule is CCCNCc1nc2ccc(-c3ccc(-c4ccc(-c5cnc(C6NCCCC6C)[nH]5)cc4)cc3)cc2[nH]1. The molecular weight excluding hydrogens is 468 g/mol. The third kappa shape index (κ3) is 5.15. The number of aromatic amines is 2. The van der Waals surface area contributed by atoms with E-state index < -0.39 is 0 Å². The van der Waals surface area contributed by atoms with Crippen LogP contribution in [0.1, 0.15) is 50.8 Å². The Balaban J connectivity index is 1.15. The van der Waals surface area contributed by atoms with Crippen LogP contribution in [0.3, 0.4) is 0 Å². The fraction of sp³-hybridized carbons (Fsp3) is 0.312. The topological polar surface area (TPSA) is 81.4 Å². The van der Waals surface area contributed by atoms with Crippen LogP contribution in [0.15, 0.2) is 72.9 Å². The molecule has 0 bridgehead atoms. The minimum Gasteiger partial charge on any atom is -0.341 e. The summed E-state index contributed by atoms with van der Waals surface area (Å²) in [7, 11) is 0. The van der Waals surface area contributed by atoms with Crippen LogP contribution in [0.2, 0.25) is 0 Å². The van der Waals surface area contributed by atoms with E-state index in [9.17, 15) is 0 Å². The largest absolute Gasteiger partial charge is 0.341 e. The average Bonchev–Trinajstić information content (AvgIpc) is 3.61. The molecule has 2 atom stereocenters. The number of benzene rings is 3. The second-order valence-electron chi connectivity index (χ2n) is 10.5. The lowest BCUT2D eigenvalue weighted by Gasteiger charge is -2.28. The van der Waals surface area contributed by atoms with Gasteiger partial charge in [-0.25, -0.2) is 9.97 Å². The molecule has 2 unspecified atom stereocenters. The molecule has 4 N–H and O–H groups in total. The van der Waals surface area contributed by atoms with Crippen LogP contribution in [-0.2, 0) is 6.54 Å². The maximum atomic E-state index is 4.70. The molecule has 0 aliphatic carbocycles. The Morgan fingerprint density at radius 2 is 1.55 bits per heavy atom. The zero-order valence-electron chi connectivity index (χ0n) is 22.2. The van der Waals surface area contributed by atoms with Crippen molar-refractivity contribution in [3.63, 3.8) is 0 Å². The number of nitrogens with zero attached hydrogens (tertiary/aromatic N) is 2. The van der Waals surface area contributed by atoms with Gasteiger partial charge in [0.2, 0.25) is 0 Å². The van der Waals surface area contributed by atoms with Crippen molar-refractivity contribution in [3.05, 3.63) is 84.6 Å². The Bertz CT molecular complexity index is 1500. The van der Waals surface area contributed by atoms with Gasteiger partial charge in [-0.05, 0) is 78.2 Å². The van der Waals surface area contributed by atoms with Crippen LogP contribution in [0, 0.1) is 5.92 Å². The third-order valence-corrected chi connectivity index (χ3v) is 7.66. The lowest BCUT2D eigenvalue weighted by Crippen LogP contribution is -2.33. The predicted molar refractivity (Wildman–Crippen MR) is 156 cm³/mol. The first kappa shape index (κ1) is 24.6. The molecule has 0 amide bonds. The van der Waals surface area contributed by atoms with Crippen LogP contribution in [0.4, 0.5) is 0 Å². The van der Waals surface area contributed by atoms with Crippen LogP contribution >= 0.6 is 0 Å². The molecule has 1 saturated heterocycles. The fourth-order valence-electron chi connectivity index (χ4n) is 5.46. The molecule has 194 valence electrons. The van der Waals surface area contributed by atoms with E-state index in [1.807, 2.05) is 6.20 Å². The number of fused-ring (bicyclic) bond motifs is 1. The van der Waals surface area contributed by atoms with Gasteiger partial charge in [-0.15, -0.1) is 0 Å². The number of hydrogen-bond acceptors (Lipinski definition) is 4. The number of piperidine rings is 1. The van der Waals surface area contributed by atoms with E-state index in [2.05, 4.69) is 101 Å². The number of rotatable bonds is 8. The maximum absolute atomic E-state index is 4.70. The van der Waals surface area contributed by atoms with Crippen molar-refractivity contribution in [2.45, 2.75) is 45.7 Å². The van der Waals surface area contributed by atoms with Gasteiger partial charge in [0.25, 0.3) is 0 Å². The fourth-order valence-corrected chi connectivity index (χ4v) is 5.46. The second kappa shape index (κ2) is 10.9.